The number of hydrogen-bond donors (Lipinski definition) is 1. The summed E-state index contributed by atoms with van der Waals surface area (Å²) in [4.78, 5) is 17.0. The second kappa shape index (κ2) is 5.62. The lowest BCUT2D eigenvalue weighted by molar-refractivity contribution is -0.137. The molecular weight excluding hydrogens is 196 g/mol. The van der Waals surface area contributed by atoms with Crippen LogP contribution in [0.25, 0.3) is 10.4 Å². The third-order valence-corrected chi connectivity index (χ3v) is 1.89. The molecule has 0 aliphatic heterocycles. The molecule has 78 valence electrons. The minimum atomic E-state index is -0.906. The van der Waals surface area contributed by atoms with Crippen LogP contribution in [-0.4, -0.2) is 16.1 Å². The second-order valence-corrected chi connectivity index (χ2v) is 2.94. The Hall–Kier alpha value is -2.07. The van der Waals surface area contributed by atoms with Gasteiger partial charge < -0.3 is 5.11 Å². The van der Waals surface area contributed by atoms with Crippen molar-refractivity contribution < 1.29 is 9.90 Å². The van der Waals surface area contributed by atoms with E-state index in [2.05, 4.69) is 15.0 Å². The van der Waals surface area contributed by atoms with E-state index in [0.29, 0.717) is 0 Å². The summed E-state index contributed by atoms with van der Waals surface area (Å²) in [6.45, 7) is 0. The predicted molar refractivity (Wildman–Crippen MR) is 53.0 cm³/mol. The topological polar surface area (TPSA) is 99.0 Å². The van der Waals surface area contributed by atoms with E-state index in [1.54, 1.807) is 24.5 Å². The van der Waals surface area contributed by atoms with Gasteiger partial charge in [-0.25, -0.2) is 0 Å². The van der Waals surface area contributed by atoms with E-state index in [9.17, 15) is 4.79 Å². The average molecular weight is 206 g/mol. The first-order chi connectivity index (χ1) is 7.24. The summed E-state index contributed by atoms with van der Waals surface area (Å²) in [6.07, 6.45) is 3.43. The zero-order valence-corrected chi connectivity index (χ0v) is 7.95. The van der Waals surface area contributed by atoms with Crippen LogP contribution in [0.3, 0.4) is 0 Å². The van der Waals surface area contributed by atoms with E-state index < -0.39 is 12.0 Å². The number of carboxylic acids is 1. The summed E-state index contributed by atoms with van der Waals surface area (Å²) >= 11 is 0. The fraction of sp³-hybridized carbons (Fsp3) is 0.333. The Balaban J connectivity index is 2.74. The van der Waals surface area contributed by atoms with Crippen LogP contribution < -0.4 is 0 Å². The molecule has 0 radical (unpaired) electrons. The van der Waals surface area contributed by atoms with Crippen LogP contribution in [0.1, 0.15) is 24.4 Å². The molecule has 1 atom stereocenters. The highest BCUT2D eigenvalue weighted by atomic mass is 16.4. The summed E-state index contributed by atoms with van der Waals surface area (Å²) in [6, 6.07) is 3.02. The highest BCUT2D eigenvalue weighted by molar-refractivity contribution is 5.66. The molecule has 1 aromatic heterocycles. The maximum atomic E-state index is 10.4. The molecule has 15 heavy (non-hydrogen) atoms. The first-order valence-electron chi connectivity index (χ1n) is 4.40. The van der Waals surface area contributed by atoms with Crippen LogP contribution in [0, 0.1) is 0 Å². The number of carboxylic acid groups (broad SMARTS) is 1. The Labute approximate surface area is 86.2 Å². The maximum absolute atomic E-state index is 10.4. The summed E-state index contributed by atoms with van der Waals surface area (Å²) in [7, 11) is 0. The van der Waals surface area contributed by atoms with Gasteiger partial charge in [0.05, 0.1) is 6.04 Å². The number of aromatic nitrogens is 1. The van der Waals surface area contributed by atoms with Gasteiger partial charge >= 0.3 is 5.97 Å². The molecule has 1 N–H and O–H groups in total. The van der Waals surface area contributed by atoms with Crippen molar-refractivity contribution in [3.8, 4) is 0 Å². The van der Waals surface area contributed by atoms with E-state index >= 15 is 0 Å². The van der Waals surface area contributed by atoms with Crippen molar-refractivity contribution in [2.45, 2.75) is 18.9 Å². The van der Waals surface area contributed by atoms with Gasteiger partial charge in [-0.05, 0) is 23.6 Å². The molecule has 1 aromatic rings. The first-order valence-corrected chi connectivity index (χ1v) is 4.40. The number of nitrogens with zero attached hydrogens (tertiary/aromatic N) is 4. The van der Waals surface area contributed by atoms with Gasteiger partial charge in [-0.1, -0.05) is 11.2 Å². The SMILES string of the molecule is [N-]=[N+]=NC(CCC(=O)O)c1cccnc1. The molecule has 1 unspecified atom stereocenters. The Morgan fingerprint density at radius 2 is 2.53 bits per heavy atom. The van der Waals surface area contributed by atoms with Gasteiger partial charge in [0.25, 0.3) is 0 Å². The van der Waals surface area contributed by atoms with Crippen LogP contribution >= 0.6 is 0 Å². The Bertz CT molecular complexity index is 373. The molecule has 6 heteroatoms. The second-order valence-electron chi connectivity index (χ2n) is 2.94. The lowest BCUT2D eigenvalue weighted by Crippen LogP contribution is -2.01. The van der Waals surface area contributed by atoms with Crippen molar-refractivity contribution in [1.29, 1.82) is 0 Å². The number of hydrogen-bond acceptors (Lipinski definition) is 3. The molecule has 6 nitrogen and oxygen atoms in total. The van der Waals surface area contributed by atoms with Gasteiger partial charge in [-0.2, -0.15) is 0 Å². The first kappa shape index (κ1) is 11.0. The monoisotopic (exact) mass is 206 g/mol. The Morgan fingerprint density at radius 3 is 3.07 bits per heavy atom. The van der Waals surface area contributed by atoms with Gasteiger partial charge in [-0.3, -0.25) is 9.78 Å². The van der Waals surface area contributed by atoms with Gasteiger partial charge in [0.15, 0.2) is 0 Å². The van der Waals surface area contributed by atoms with E-state index in [-0.39, 0.29) is 12.8 Å². The number of carbonyl (C=O) groups is 1. The number of azide groups is 1. The van der Waals surface area contributed by atoms with E-state index in [1.165, 1.54) is 0 Å². The van der Waals surface area contributed by atoms with Crippen LogP contribution in [-0.2, 0) is 4.79 Å². The van der Waals surface area contributed by atoms with Crippen molar-refractivity contribution in [1.82, 2.24) is 4.98 Å². The van der Waals surface area contributed by atoms with Crippen LogP contribution in [0.2, 0.25) is 0 Å². The molecule has 0 spiro atoms. The molecule has 0 bridgehead atoms. The predicted octanol–water partition coefficient (Wildman–Crippen LogP) is 2.30. The Morgan fingerprint density at radius 1 is 1.73 bits per heavy atom. The van der Waals surface area contributed by atoms with Crippen molar-refractivity contribution in [3.63, 3.8) is 0 Å². The zero-order valence-electron chi connectivity index (χ0n) is 7.95. The largest absolute Gasteiger partial charge is 0.481 e. The summed E-state index contributed by atoms with van der Waals surface area (Å²) in [5.74, 6) is -0.906. The molecule has 0 saturated carbocycles. The van der Waals surface area contributed by atoms with E-state index in [1.807, 2.05) is 0 Å². The van der Waals surface area contributed by atoms with Gasteiger partial charge in [0.1, 0.15) is 0 Å². The third-order valence-electron chi connectivity index (χ3n) is 1.89. The maximum Gasteiger partial charge on any atom is 0.303 e. The minimum absolute atomic E-state index is 0.0292. The molecule has 0 aromatic carbocycles. The van der Waals surface area contributed by atoms with Crippen LogP contribution in [0.4, 0.5) is 0 Å². The zero-order chi connectivity index (χ0) is 11.1. The molecule has 0 amide bonds. The van der Waals surface area contributed by atoms with Crippen LogP contribution in [0.5, 0.6) is 0 Å². The molecule has 0 saturated heterocycles. The fourth-order valence-corrected chi connectivity index (χ4v) is 1.19. The van der Waals surface area contributed by atoms with Crippen molar-refractivity contribution >= 4 is 5.97 Å². The quantitative estimate of drug-likeness (QED) is 0.454. The molecule has 0 fully saturated rings. The highest BCUT2D eigenvalue weighted by Crippen LogP contribution is 2.21. The molecule has 0 aliphatic carbocycles. The summed E-state index contributed by atoms with van der Waals surface area (Å²) < 4.78 is 0. The highest BCUT2D eigenvalue weighted by Gasteiger charge is 2.11. The van der Waals surface area contributed by atoms with Gasteiger partial charge in [-0.15, -0.1) is 0 Å². The molecule has 1 rings (SSSR count). The summed E-state index contributed by atoms with van der Waals surface area (Å²) in [5, 5.41) is 12.1. The Kier molecular flexibility index (Phi) is 4.12. The molecule has 0 aliphatic rings. The number of aliphatic carboxylic acids is 1. The third kappa shape index (κ3) is 3.66. The van der Waals surface area contributed by atoms with E-state index in [4.69, 9.17) is 10.6 Å². The smallest absolute Gasteiger partial charge is 0.303 e. The number of pyridine rings is 1. The standard InChI is InChI=1S/C9H10N4O2/c10-13-12-8(3-4-9(14)15)7-2-1-5-11-6-7/h1-2,5-6,8H,3-4H2,(H,14,15). The molecule has 1 heterocycles. The molecular formula is C9H10N4O2. The van der Waals surface area contributed by atoms with Crippen molar-refractivity contribution in [2.24, 2.45) is 5.11 Å². The summed E-state index contributed by atoms with van der Waals surface area (Å²) in [5.41, 5.74) is 9.09. The normalized spacial score (nSPS) is 11.5. The minimum Gasteiger partial charge on any atom is -0.481 e. The van der Waals surface area contributed by atoms with Crippen molar-refractivity contribution in [3.05, 3.63) is 40.5 Å². The lowest BCUT2D eigenvalue weighted by Gasteiger charge is -2.08. The number of rotatable bonds is 5. The van der Waals surface area contributed by atoms with Crippen molar-refractivity contribution in [2.75, 3.05) is 0 Å². The van der Waals surface area contributed by atoms with Gasteiger partial charge in [0.2, 0.25) is 0 Å². The van der Waals surface area contributed by atoms with Gasteiger partial charge in [0, 0.05) is 23.7 Å². The fourth-order valence-electron chi connectivity index (χ4n) is 1.19. The lowest BCUT2D eigenvalue weighted by atomic mass is 10.1. The van der Waals surface area contributed by atoms with Crippen LogP contribution in [0.15, 0.2) is 29.6 Å². The average Bonchev–Trinajstić information content (AvgIpc) is 2.25. The van der Waals surface area contributed by atoms with E-state index in [0.717, 1.165) is 5.56 Å².